The third kappa shape index (κ3) is 2.75. The van der Waals surface area contributed by atoms with E-state index >= 15 is 0 Å². The lowest BCUT2D eigenvalue weighted by atomic mass is 9.99. The summed E-state index contributed by atoms with van der Waals surface area (Å²) in [6, 6.07) is 14.0. The summed E-state index contributed by atoms with van der Waals surface area (Å²) in [5.74, 6) is -0.209. The molecular weight excluding hydrogens is 339 g/mol. The second kappa shape index (κ2) is 6.15. The number of carbonyl (C=O) groups excluding carboxylic acids is 1. The van der Waals surface area contributed by atoms with Crippen molar-refractivity contribution >= 4 is 5.97 Å². The van der Waals surface area contributed by atoms with Crippen LogP contribution in [-0.4, -0.2) is 5.97 Å². The fourth-order valence-corrected chi connectivity index (χ4v) is 2.88. The maximum absolute atomic E-state index is 13.2. The summed E-state index contributed by atoms with van der Waals surface area (Å²) in [5, 5.41) is 0. The molecule has 0 radical (unpaired) electrons. The van der Waals surface area contributed by atoms with E-state index in [2.05, 4.69) is 0 Å². The van der Waals surface area contributed by atoms with Gasteiger partial charge >= 0.3 is 11.6 Å². The van der Waals surface area contributed by atoms with Gasteiger partial charge in [-0.15, -0.1) is 0 Å². The van der Waals surface area contributed by atoms with E-state index < -0.39 is 23.7 Å². The molecule has 0 spiro atoms. The van der Waals surface area contributed by atoms with Gasteiger partial charge in [0.2, 0.25) is 0 Å². The molecular formula is C20H13FO5. The molecule has 4 rings (SSSR count). The summed E-state index contributed by atoms with van der Waals surface area (Å²) in [5.41, 5.74) is 1.15. The van der Waals surface area contributed by atoms with E-state index in [9.17, 15) is 14.0 Å². The molecule has 2 heterocycles. The highest BCUT2D eigenvalue weighted by Crippen LogP contribution is 2.43. The minimum Gasteiger partial charge on any atom is -0.450 e. The molecule has 1 aliphatic heterocycles. The number of carbonyl (C=O) groups is 1. The Balaban J connectivity index is 1.92. The van der Waals surface area contributed by atoms with Gasteiger partial charge in [0, 0.05) is 6.92 Å². The smallest absolute Gasteiger partial charge is 0.344 e. The monoisotopic (exact) mass is 352 g/mol. The number of ether oxygens (including phenoxy) is 2. The molecule has 3 aromatic rings. The Morgan fingerprint density at radius 2 is 1.81 bits per heavy atom. The van der Waals surface area contributed by atoms with Crippen LogP contribution in [0.15, 0.2) is 63.8 Å². The van der Waals surface area contributed by atoms with Gasteiger partial charge in [0.25, 0.3) is 6.29 Å². The minimum atomic E-state index is -1.04. The summed E-state index contributed by atoms with van der Waals surface area (Å²) in [7, 11) is 0. The zero-order valence-electron chi connectivity index (χ0n) is 13.7. The zero-order chi connectivity index (χ0) is 18.3. The van der Waals surface area contributed by atoms with Gasteiger partial charge in [0.1, 0.15) is 11.6 Å². The van der Waals surface area contributed by atoms with Crippen molar-refractivity contribution in [2.24, 2.45) is 0 Å². The SMILES string of the molecule is CC(=O)OC1Oc2ccccc2-c2oc(=O)c(-c3ccc(F)cc3)cc21. The topological polar surface area (TPSA) is 65.7 Å². The van der Waals surface area contributed by atoms with Crippen molar-refractivity contribution in [1.29, 1.82) is 0 Å². The molecule has 0 aliphatic carbocycles. The molecule has 5 nitrogen and oxygen atoms in total. The number of halogens is 1. The molecule has 130 valence electrons. The van der Waals surface area contributed by atoms with Gasteiger partial charge < -0.3 is 13.9 Å². The molecule has 1 atom stereocenters. The van der Waals surface area contributed by atoms with Gasteiger partial charge in [-0.2, -0.15) is 0 Å². The number of hydrogen-bond acceptors (Lipinski definition) is 5. The minimum absolute atomic E-state index is 0.226. The first kappa shape index (κ1) is 16.1. The van der Waals surface area contributed by atoms with Crippen LogP contribution in [-0.2, 0) is 9.53 Å². The van der Waals surface area contributed by atoms with Crippen molar-refractivity contribution in [3.05, 3.63) is 76.4 Å². The van der Waals surface area contributed by atoms with Gasteiger partial charge in [-0.3, -0.25) is 4.79 Å². The van der Waals surface area contributed by atoms with Gasteiger partial charge in [-0.05, 0) is 35.9 Å². The third-order valence-electron chi connectivity index (χ3n) is 4.02. The van der Waals surface area contributed by atoms with E-state index in [1.54, 1.807) is 30.3 Å². The number of hydrogen-bond donors (Lipinski definition) is 0. The van der Waals surface area contributed by atoms with Crippen molar-refractivity contribution in [1.82, 2.24) is 0 Å². The van der Waals surface area contributed by atoms with E-state index in [1.165, 1.54) is 31.2 Å². The van der Waals surface area contributed by atoms with Crippen molar-refractivity contribution < 1.29 is 23.1 Å². The first-order chi connectivity index (χ1) is 12.5. The normalized spacial score (nSPS) is 14.8. The lowest BCUT2D eigenvalue weighted by Gasteiger charge is -2.26. The molecule has 0 saturated carbocycles. The standard InChI is InChI=1S/C20H13FO5/c1-11(22)24-20-16-10-15(12-6-8-13(21)9-7-12)19(23)26-18(16)14-4-2-3-5-17(14)25-20/h2-10,20H,1H3. The van der Waals surface area contributed by atoms with E-state index in [0.717, 1.165) is 0 Å². The van der Waals surface area contributed by atoms with Gasteiger partial charge in [-0.25, -0.2) is 9.18 Å². The van der Waals surface area contributed by atoms with Gasteiger partial charge in [-0.1, -0.05) is 24.3 Å². The van der Waals surface area contributed by atoms with Gasteiger partial charge in [0.05, 0.1) is 16.7 Å². The molecule has 0 fully saturated rings. The van der Waals surface area contributed by atoms with Crippen LogP contribution in [0.4, 0.5) is 4.39 Å². The summed E-state index contributed by atoms with van der Waals surface area (Å²) in [6.45, 7) is 1.27. The highest BCUT2D eigenvalue weighted by Gasteiger charge is 2.31. The van der Waals surface area contributed by atoms with E-state index in [0.29, 0.717) is 22.4 Å². The molecule has 0 bridgehead atoms. The van der Waals surface area contributed by atoms with Crippen LogP contribution < -0.4 is 10.4 Å². The summed E-state index contributed by atoms with van der Waals surface area (Å²) >= 11 is 0. The van der Waals surface area contributed by atoms with Crippen LogP contribution in [0.1, 0.15) is 18.8 Å². The average Bonchev–Trinajstić information content (AvgIpc) is 2.62. The molecule has 1 aromatic heterocycles. The molecule has 0 N–H and O–H groups in total. The Morgan fingerprint density at radius 3 is 2.54 bits per heavy atom. The molecule has 0 amide bonds. The fraction of sp³-hybridized carbons (Fsp3) is 0.100. The lowest BCUT2D eigenvalue weighted by Crippen LogP contribution is -2.21. The van der Waals surface area contributed by atoms with E-state index in [4.69, 9.17) is 13.9 Å². The van der Waals surface area contributed by atoms with Crippen molar-refractivity contribution in [3.63, 3.8) is 0 Å². The quantitative estimate of drug-likeness (QED) is 0.651. The van der Waals surface area contributed by atoms with Crippen LogP contribution in [0.5, 0.6) is 5.75 Å². The number of rotatable bonds is 2. The summed E-state index contributed by atoms with van der Waals surface area (Å²) in [4.78, 5) is 24.0. The predicted molar refractivity (Wildman–Crippen MR) is 90.9 cm³/mol. The molecule has 1 unspecified atom stereocenters. The second-order valence-electron chi connectivity index (χ2n) is 5.79. The predicted octanol–water partition coefficient (Wildman–Crippen LogP) is 4.07. The molecule has 0 saturated heterocycles. The Hall–Kier alpha value is -3.41. The van der Waals surface area contributed by atoms with Crippen molar-refractivity contribution in [2.75, 3.05) is 0 Å². The number of esters is 1. The Kier molecular flexibility index (Phi) is 3.80. The Labute approximate surface area is 147 Å². The first-order valence-corrected chi connectivity index (χ1v) is 7.90. The highest BCUT2D eigenvalue weighted by atomic mass is 19.1. The van der Waals surface area contributed by atoms with E-state index in [-0.39, 0.29) is 11.3 Å². The molecule has 6 heteroatoms. The third-order valence-corrected chi connectivity index (χ3v) is 4.02. The largest absolute Gasteiger partial charge is 0.450 e. The number of benzene rings is 2. The van der Waals surface area contributed by atoms with Crippen LogP contribution in [0.3, 0.4) is 0 Å². The molecule has 1 aliphatic rings. The van der Waals surface area contributed by atoms with Crippen molar-refractivity contribution in [3.8, 4) is 28.2 Å². The number of fused-ring (bicyclic) bond motifs is 3. The van der Waals surface area contributed by atoms with Crippen LogP contribution in [0, 0.1) is 5.82 Å². The maximum Gasteiger partial charge on any atom is 0.344 e. The average molecular weight is 352 g/mol. The highest BCUT2D eigenvalue weighted by molar-refractivity contribution is 5.75. The van der Waals surface area contributed by atoms with Crippen LogP contribution >= 0.6 is 0 Å². The van der Waals surface area contributed by atoms with Crippen LogP contribution in [0.2, 0.25) is 0 Å². The van der Waals surface area contributed by atoms with Crippen LogP contribution in [0.25, 0.3) is 22.5 Å². The molecule has 2 aromatic carbocycles. The Morgan fingerprint density at radius 1 is 1.08 bits per heavy atom. The lowest BCUT2D eigenvalue weighted by molar-refractivity contribution is -0.162. The second-order valence-corrected chi connectivity index (χ2v) is 5.79. The summed E-state index contributed by atoms with van der Waals surface area (Å²) in [6.07, 6.45) is -1.04. The maximum atomic E-state index is 13.2. The fourth-order valence-electron chi connectivity index (χ4n) is 2.88. The van der Waals surface area contributed by atoms with Crippen molar-refractivity contribution in [2.45, 2.75) is 13.2 Å². The zero-order valence-corrected chi connectivity index (χ0v) is 13.7. The number of para-hydroxylation sites is 1. The molecule has 26 heavy (non-hydrogen) atoms. The first-order valence-electron chi connectivity index (χ1n) is 7.90. The van der Waals surface area contributed by atoms with Gasteiger partial charge in [0.15, 0.2) is 5.76 Å². The Bertz CT molecular complexity index is 1050. The van der Waals surface area contributed by atoms with E-state index in [1.807, 2.05) is 0 Å². The summed E-state index contributed by atoms with van der Waals surface area (Å²) < 4.78 is 29.7.